The number of hydrogen-bond acceptors (Lipinski definition) is 5. The van der Waals surface area contributed by atoms with Gasteiger partial charge in [-0.3, -0.25) is 4.79 Å². The van der Waals surface area contributed by atoms with Crippen LogP contribution in [0.3, 0.4) is 0 Å². The lowest BCUT2D eigenvalue weighted by molar-refractivity contribution is -0.271. The summed E-state index contributed by atoms with van der Waals surface area (Å²) in [4.78, 5) is 16.0. The molecule has 1 N–H and O–H groups in total. The van der Waals surface area contributed by atoms with Crippen LogP contribution in [0.4, 0.5) is 17.6 Å². The van der Waals surface area contributed by atoms with E-state index < -0.39 is 41.5 Å². The molecule has 0 bridgehead atoms. The molecule has 0 aliphatic carbocycles. The molecule has 202 valence electrons. The lowest BCUT2D eigenvalue weighted by Crippen LogP contribution is -2.52. The lowest BCUT2D eigenvalue weighted by Gasteiger charge is -2.39. The summed E-state index contributed by atoms with van der Waals surface area (Å²) in [5.41, 5.74) is -2.80. The normalized spacial score (nSPS) is 14.1. The standard InChI is InChI=1S/C27H25ClF4N2O3S/c1-15-9-17(11-22(29)33-15)16-5-6-21(37-4)18(10-16)25(2,3)13-26(36,27(30,31)32)14-34-12-19(28)23(35)24-20(34)7-8-38-24/h5-12,36H,13-14H2,1-4H3. The lowest BCUT2D eigenvalue weighted by atomic mass is 9.73. The molecule has 0 amide bonds. The second kappa shape index (κ2) is 9.98. The fourth-order valence-electron chi connectivity index (χ4n) is 4.77. The first kappa shape index (κ1) is 28.1. The highest BCUT2D eigenvalue weighted by molar-refractivity contribution is 7.17. The second-order valence-corrected chi connectivity index (χ2v) is 11.2. The first-order valence-corrected chi connectivity index (χ1v) is 12.8. The van der Waals surface area contributed by atoms with E-state index in [-0.39, 0.29) is 15.2 Å². The van der Waals surface area contributed by atoms with Crippen molar-refractivity contribution in [3.05, 3.63) is 80.4 Å². The van der Waals surface area contributed by atoms with Crippen molar-refractivity contribution in [2.45, 2.75) is 50.9 Å². The van der Waals surface area contributed by atoms with E-state index in [1.165, 1.54) is 19.2 Å². The molecule has 0 fully saturated rings. The third-order valence-electron chi connectivity index (χ3n) is 6.52. The third-order valence-corrected chi connectivity index (χ3v) is 7.70. The minimum atomic E-state index is -5.03. The van der Waals surface area contributed by atoms with Crippen LogP contribution in [0.15, 0.2) is 52.8 Å². The van der Waals surface area contributed by atoms with E-state index >= 15 is 0 Å². The number of halogens is 5. The second-order valence-electron chi connectivity index (χ2n) is 9.89. The Morgan fingerprint density at radius 1 is 1.13 bits per heavy atom. The van der Waals surface area contributed by atoms with Gasteiger partial charge in [0.25, 0.3) is 0 Å². The van der Waals surface area contributed by atoms with Crippen molar-refractivity contribution in [1.82, 2.24) is 9.55 Å². The number of methoxy groups -OCH3 is 1. The predicted octanol–water partition coefficient (Wildman–Crippen LogP) is 6.90. The fraction of sp³-hybridized carbons (Fsp3) is 0.333. The van der Waals surface area contributed by atoms with Gasteiger partial charge in [-0.2, -0.15) is 17.6 Å². The SMILES string of the molecule is COc1ccc(-c2cc(C)nc(F)c2)cc1C(C)(C)CC(O)(Cn1cc(Cl)c(=O)c2sccc21)C(F)(F)F. The molecule has 0 aliphatic heterocycles. The van der Waals surface area contributed by atoms with Crippen LogP contribution in [0.25, 0.3) is 21.3 Å². The molecule has 0 saturated heterocycles. The maximum atomic E-state index is 14.5. The van der Waals surface area contributed by atoms with Crippen molar-refractivity contribution < 1.29 is 27.4 Å². The minimum absolute atomic E-state index is 0.204. The van der Waals surface area contributed by atoms with Crippen LogP contribution in [0, 0.1) is 12.9 Å². The molecule has 11 heteroatoms. The van der Waals surface area contributed by atoms with Gasteiger partial charge in [-0.05, 0) is 59.5 Å². The van der Waals surface area contributed by atoms with Crippen molar-refractivity contribution in [3.8, 4) is 16.9 Å². The fourth-order valence-corrected chi connectivity index (χ4v) is 5.89. The van der Waals surface area contributed by atoms with Gasteiger partial charge >= 0.3 is 6.18 Å². The van der Waals surface area contributed by atoms with Crippen molar-refractivity contribution in [2.75, 3.05) is 7.11 Å². The molecule has 0 aliphatic rings. The quantitative estimate of drug-likeness (QED) is 0.195. The van der Waals surface area contributed by atoms with Gasteiger partial charge in [-0.1, -0.05) is 31.5 Å². The highest BCUT2D eigenvalue weighted by atomic mass is 35.5. The molecule has 4 aromatic rings. The Hall–Kier alpha value is -2.95. The predicted molar refractivity (Wildman–Crippen MR) is 141 cm³/mol. The van der Waals surface area contributed by atoms with E-state index in [4.69, 9.17) is 16.3 Å². The van der Waals surface area contributed by atoms with Gasteiger partial charge in [0.05, 0.1) is 23.9 Å². The number of aliphatic hydroxyl groups is 1. The summed E-state index contributed by atoms with van der Waals surface area (Å²) in [6.07, 6.45) is -4.66. The summed E-state index contributed by atoms with van der Waals surface area (Å²) in [6, 6.07) is 9.34. The molecule has 0 spiro atoms. The van der Waals surface area contributed by atoms with Crippen molar-refractivity contribution in [2.24, 2.45) is 0 Å². The molecule has 4 rings (SSSR count). The number of nitrogens with zero attached hydrogens (tertiary/aromatic N) is 2. The zero-order chi connectivity index (χ0) is 28.0. The van der Waals surface area contributed by atoms with Gasteiger partial charge in [0, 0.05) is 23.5 Å². The number of ether oxygens (including phenoxy) is 1. The molecule has 3 heterocycles. The summed E-state index contributed by atoms with van der Waals surface area (Å²) in [7, 11) is 1.40. The highest BCUT2D eigenvalue weighted by Gasteiger charge is 2.56. The summed E-state index contributed by atoms with van der Waals surface area (Å²) >= 11 is 7.09. The Bertz CT molecular complexity index is 1540. The summed E-state index contributed by atoms with van der Waals surface area (Å²) in [6.45, 7) is 3.90. The van der Waals surface area contributed by atoms with Crippen LogP contribution in [0.1, 0.15) is 31.5 Å². The van der Waals surface area contributed by atoms with Crippen LogP contribution in [-0.2, 0) is 12.0 Å². The molecular formula is C27H25ClF4N2O3S. The average Bonchev–Trinajstić information content (AvgIpc) is 3.31. The van der Waals surface area contributed by atoms with Gasteiger partial charge in [-0.25, -0.2) is 4.98 Å². The maximum Gasteiger partial charge on any atom is 0.418 e. The van der Waals surface area contributed by atoms with E-state index in [0.717, 1.165) is 22.1 Å². The van der Waals surface area contributed by atoms with Crippen molar-refractivity contribution in [3.63, 3.8) is 0 Å². The molecule has 5 nitrogen and oxygen atoms in total. The van der Waals surface area contributed by atoms with Gasteiger partial charge in [0.15, 0.2) is 5.60 Å². The summed E-state index contributed by atoms with van der Waals surface area (Å²) in [5.74, 6) is -0.358. The number of fused-ring (bicyclic) bond motifs is 1. The van der Waals surface area contributed by atoms with Gasteiger partial charge in [0.2, 0.25) is 11.4 Å². The Morgan fingerprint density at radius 3 is 2.47 bits per heavy atom. The minimum Gasteiger partial charge on any atom is -0.496 e. The molecule has 0 saturated carbocycles. The number of aromatic nitrogens is 2. The van der Waals surface area contributed by atoms with Crippen LogP contribution in [0.5, 0.6) is 5.75 Å². The molecule has 0 radical (unpaired) electrons. The largest absolute Gasteiger partial charge is 0.496 e. The Labute approximate surface area is 225 Å². The maximum absolute atomic E-state index is 14.5. The van der Waals surface area contributed by atoms with Crippen LogP contribution < -0.4 is 10.2 Å². The first-order chi connectivity index (χ1) is 17.6. The van der Waals surface area contributed by atoms with E-state index in [2.05, 4.69) is 4.98 Å². The van der Waals surface area contributed by atoms with Gasteiger partial charge < -0.3 is 14.4 Å². The van der Waals surface area contributed by atoms with Gasteiger partial charge in [0.1, 0.15) is 10.8 Å². The Morgan fingerprint density at radius 2 is 1.84 bits per heavy atom. The topological polar surface area (TPSA) is 64.3 Å². The molecular weight excluding hydrogens is 544 g/mol. The monoisotopic (exact) mass is 568 g/mol. The zero-order valence-electron chi connectivity index (χ0n) is 21.0. The number of alkyl halides is 3. The van der Waals surface area contributed by atoms with E-state index in [1.807, 2.05) is 0 Å². The van der Waals surface area contributed by atoms with Crippen LogP contribution in [-0.4, -0.2) is 33.5 Å². The third kappa shape index (κ3) is 5.30. The number of pyridine rings is 2. The molecule has 3 aromatic heterocycles. The number of thiophene rings is 1. The van der Waals surface area contributed by atoms with E-state index in [0.29, 0.717) is 28.1 Å². The Balaban J connectivity index is 1.79. The van der Waals surface area contributed by atoms with E-state index in [1.54, 1.807) is 50.4 Å². The highest BCUT2D eigenvalue weighted by Crippen LogP contribution is 2.45. The van der Waals surface area contributed by atoms with Crippen LogP contribution >= 0.6 is 22.9 Å². The Kier molecular flexibility index (Phi) is 7.37. The number of benzene rings is 1. The zero-order valence-corrected chi connectivity index (χ0v) is 22.6. The van der Waals surface area contributed by atoms with Crippen molar-refractivity contribution in [1.29, 1.82) is 0 Å². The number of aryl methyl sites for hydroxylation is 1. The average molecular weight is 569 g/mol. The molecule has 1 atom stereocenters. The van der Waals surface area contributed by atoms with Crippen molar-refractivity contribution >= 4 is 33.2 Å². The summed E-state index contributed by atoms with van der Waals surface area (Å²) in [5, 5.41) is 12.6. The van der Waals surface area contributed by atoms with Gasteiger partial charge in [-0.15, -0.1) is 11.3 Å². The smallest absolute Gasteiger partial charge is 0.418 e. The van der Waals surface area contributed by atoms with Crippen LogP contribution in [0.2, 0.25) is 5.02 Å². The summed E-state index contributed by atoms with van der Waals surface area (Å²) < 4.78 is 64.4. The number of rotatable bonds is 7. The molecule has 1 aromatic carbocycles. The molecule has 1 unspecified atom stereocenters. The van der Waals surface area contributed by atoms with E-state index in [9.17, 15) is 27.5 Å². The first-order valence-electron chi connectivity index (χ1n) is 11.5. The number of hydrogen-bond donors (Lipinski definition) is 1. The molecule has 38 heavy (non-hydrogen) atoms.